The van der Waals surface area contributed by atoms with Crippen LogP contribution in [0.3, 0.4) is 0 Å². The van der Waals surface area contributed by atoms with Gasteiger partial charge in [-0.05, 0) is 29.0 Å². The summed E-state index contributed by atoms with van der Waals surface area (Å²) in [6.45, 7) is 0. The minimum absolute atomic E-state index is 0.0874. The van der Waals surface area contributed by atoms with Crippen LogP contribution in [0.2, 0.25) is 0 Å². The van der Waals surface area contributed by atoms with E-state index in [1.807, 2.05) is 0 Å². The van der Waals surface area contributed by atoms with Gasteiger partial charge in [-0.15, -0.1) is 0 Å². The second kappa shape index (κ2) is 3.83. The number of carbonyl (C=O) groups excluding carboxylic acids is 1. The van der Waals surface area contributed by atoms with Crippen molar-refractivity contribution in [3.63, 3.8) is 0 Å². The molecule has 0 saturated carbocycles. The standard InChI is InChI=1S/C11H8O5S/c12-6-10-9-3-2-8(17(14,15)16)5-7(9)1-4-11(10)13/h1-6,13H,(H,14,15,16). The number of phenolic OH excluding ortho intramolecular Hbond substituents is 1. The van der Waals surface area contributed by atoms with E-state index in [9.17, 15) is 18.3 Å². The summed E-state index contributed by atoms with van der Waals surface area (Å²) in [6.07, 6.45) is 0.491. The molecule has 5 nitrogen and oxygen atoms in total. The minimum Gasteiger partial charge on any atom is -0.507 e. The second-order valence-electron chi connectivity index (χ2n) is 3.47. The minimum atomic E-state index is -4.27. The van der Waals surface area contributed by atoms with Crippen LogP contribution in [-0.4, -0.2) is 24.4 Å². The number of hydrogen-bond donors (Lipinski definition) is 2. The molecule has 0 amide bonds. The van der Waals surface area contributed by atoms with E-state index in [0.29, 0.717) is 17.1 Å². The average Bonchev–Trinajstić information content (AvgIpc) is 2.27. The van der Waals surface area contributed by atoms with Crippen molar-refractivity contribution in [3.05, 3.63) is 35.9 Å². The van der Waals surface area contributed by atoms with Crippen molar-refractivity contribution < 1.29 is 22.9 Å². The number of phenols is 1. The van der Waals surface area contributed by atoms with E-state index >= 15 is 0 Å². The van der Waals surface area contributed by atoms with E-state index in [4.69, 9.17) is 4.55 Å². The van der Waals surface area contributed by atoms with Gasteiger partial charge < -0.3 is 5.11 Å². The molecule has 2 aromatic carbocycles. The number of rotatable bonds is 2. The molecule has 6 heteroatoms. The van der Waals surface area contributed by atoms with Crippen LogP contribution in [0, 0.1) is 0 Å². The van der Waals surface area contributed by atoms with Crippen molar-refractivity contribution in [2.24, 2.45) is 0 Å². The van der Waals surface area contributed by atoms with Gasteiger partial charge in [0.1, 0.15) is 5.75 Å². The molecule has 0 aromatic heterocycles. The SMILES string of the molecule is O=Cc1c(O)ccc2cc(S(=O)(=O)O)ccc12. The number of fused-ring (bicyclic) bond motifs is 1. The molecular weight excluding hydrogens is 244 g/mol. The Bertz CT molecular complexity index is 703. The third-order valence-corrected chi connectivity index (χ3v) is 3.28. The number of hydrogen-bond acceptors (Lipinski definition) is 4. The molecular formula is C11H8O5S. The molecule has 88 valence electrons. The van der Waals surface area contributed by atoms with E-state index in [1.165, 1.54) is 30.3 Å². The van der Waals surface area contributed by atoms with Crippen LogP contribution in [0.4, 0.5) is 0 Å². The first kappa shape index (κ1) is 11.6. The number of benzene rings is 2. The molecule has 0 atom stereocenters. The molecule has 0 saturated heterocycles. The zero-order valence-electron chi connectivity index (χ0n) is 8.49. The van der Waals surface area contributed by atoms with Gasteiger partial charge in [0.25, 0.3) is 10.1 Å². The van der Waals surface area contributed by atoms with Crippen LogP contribution in [0.1, 0.15) is 10.4 Å². The normalized spacial score (nSPS) is 11.6. The molecule has 0 aliphatic rings. The maximum absolute atomic E-state index is 10.9. The fourth-order valence-electron chi connectivity index (χ4n) is 1.60. The molecule has 0 unspecified atom stereocenters. The molecule has 2 rings (SSSR count). The third kappa shape index (κ3) is 2.00. The predicted octanol–water partition coefficient (Wildman–Crippen LogP) is 1.60. The molecule has 2 N–H and O–H groups in total. The zero-order valence-corrected chi connectivity index (χ0v) is 9.31. The van der Waals surface area contributed by atoms with Crippen LogP contribution in [0.5, 0.6) is 5.75 Å². The maximum Gasteiger partial charge on any atom is 0.294 e. The molecule has 0 radical (unpaired) electrons. The van der Waals surface area contributed by atoms with Gasteiger partial charge in [-0.1, -0.05) is 12.1 Å². The highest BCUT2D eigenvalue weighted by Crippen LogP contribution is 2.27. The summed E-state index contributed by atoms with van der Waals surface area (Å²) >= 11 is 0. The van der Waals surface area contributed by atoms with E-state index in [1.54, 1.807) is 0 Å². The summed E-state index contributed by atoms with van der Waals surface area (Å²) < 4.78 is 30.8. The molecule has 0 bridgehead atoms. The van der Waals surface area contributed by atoms with E-state index in [-0.39, 0.29) is 16.2 Å². The molecule has 0 spiro atoms. The van der Waals surface area contributed by atoms with Gasteiger partial charge in [0.15, 0.2) is 6.29 Å². The largest absolute Gasteiger partial charge is 0.507 e. The molecule has 0 heterocycles. The van der Waals surface area contributed by atoms with Crippen molar-refractivity contribution in [3.8, 4) is 5.75 Å². The Morgan fingerprint density at radius 1 is 1.12 bits per heavy atom. The van der Waals surface area contributed by atoms with Gasteiger partial charge in [0, 0.05) is 0 Å². The Balaban J connectivity index is 2.82. The first-order valence-corrected chi connectivity index (χ1v) is 6.06. The van der Waals surface area contributed by atoms with Crippen molar-refractivity contribution >= 4 is 27.2 Å². The summed E-state index contributed by atoms with van der Waals surface area (Å²) in [4.78, 5) is 10.5. The molecule has 0 aliphatic heterocycles. The lowest BCUT2D eigenvalue weighted by Crippen LogP contribution is -1.97. The quantitative estimate of drug-likeness (QED) is 0.625. The van der Waals surface area contributed by atoms with Gasteiger partial charge in [0.05, 0.1) is 10.5 Å². The Hall–Kier alpha value is -1.92. The Labute approximate surface area is 97.1 Å². The van der Waals surface area contributed by atoms with E-state index < -0.39 is 10.1 Å². The smallest absolute Gasteiger partial charge is 0.294 e. The highest BCUT2D eigenvalue weighted by Gasteiger charge is 2.12. The van der Waals surface area contributed by atoms with Crippen molar-refractivity contribution in [2.75, 3.05) is 0 Å². The van der Waals surface area contributed by atoms with Crippen LogP contribution in [0.25, 0.3) is 10.8 Å². The van der Waals surface area contributed by atoms with E-state index in [2.05, 4.69) is 0 Å². The maximum atomic E-state index is 10.9. The van der Waals surface area contributed by atoms with Gasteiger partial charge in [-0.3, -0.25) is 9.35 Å². The lowest BCUT2D eigenvalue weighted by atomic mass is 10.0. The van der Waals surface area contributed by atoms with Crippen LogP contribution >= 0.6 is 0 Å². The number of carbonyl (C=O) groups is 1. The van der Waals surface area contributed by atoms with Crippen LogP contribution < -0.4 is 0 Å². The molecule has 2 aromatic rings. The summed E-state index contributed by atoms with van der Waals surface area (Å²) in [5.74, 6) is -0.174. The second-order valence-corrected chi connectivity index (χ2v) is 4.90. The molecule has 0 aliphatic carbocycles. The van der Waals surface area contributed by atoms with Gasteiger partial charge >= 0.3 is 0 Å². The lowest BCUT2D eigenvalue weighted by Gasteiger charge is -2.05. The fraction of sp³-hybridized carbons (Fsp3) is 0. The number of aldehydes is 1. The summed E-state index contributed by atoms with van der Waals surface area (Å²) in [5.41, 5.74) is 0.0874. The monoisotopic (exact) mass is 252 g/mol. The highest BCUT2D eigenvalue weighted by molar-refractivity contribution is 7.85. The Morgan fingerprint density at radius 2 is 1.82 bits per heavy atom. The number of aromatic hydroxyl groups is 1. The summed E-state index contributed by atoms with van der Waals surface area (Å²) in [7, 11) is -4.27. The van der Waals surface area contributed by atoms with Gasteiger partial charge in [-0.25, -0.2) is 0 Å². The molecule has 0 fully saturated rings. The first-order valence-electron chi connectivity index (χ1n) is 4.62. The van der Waals surface area contributed by atoms with Crippen molar-refractivity contribution in [1.29, 1.82) is 0 Å². The van der Waals surface area contributed by atoms with Crippen molar-refractivity contribution in [2.45, 2.75) is 4.90 Å². The summed E-state index contributed by atoms with van der Waals surface area (Å²) in [6, 6.07) is 6.52. The zero-order chi connectivity index (χ0) is 12.6. The highest BCUT2D eigenvalue weighted by atomic mass is 32.2. The van der Waals surface area contributed by atoms with Crippen molar-refractivity contribution in [1.82, 2.24) is 0 Å². The predicted molar refractivity (Wildman–Crippen MR) is 60.8 cm³/mol. The lowest BCUT2D eigenvalue weighted by molar-refractivity contribution is 0.112. The fourth-order valence-corrected chi connectivity index (χ4v) is 2.12. The van der Waals surface area contributed by atoms with Gasteiger partial charge in [-0.2, -0.15) is 8.42 Å². The van der Waals surface area contributed by atoms with Crippen LogP contribution in [-0.2, 0) is 10.1 Å². The topological polar surface area (TPSA) is 91.7 Å². The van der Waals surface area contributed by atoms with Crippen LogP contribution in [0.15, 0.2) is 35.2 Å². The van der Waals surface area contributed by atoms with E-state index in [0.717, 1.165) is 0 Å². The Morgan fingerprint density at radius 3 is 2.41 bits per heavy atom. The Kier molecular flexibility index (Phi) is 2.60. The first-order chi connectivity index (χ1) is 7.93. The van der Waals surface area contributed by atoms with Gasteiger partial charge in [0.2, 0.25) is 0 Å². The third-order valence-electron chi connectivity index (χ3n) is 2.43. The summed E-state index contributed by atoms with van der Waals surface area (Å²) in [5, 5.41) is 10.3. The molecule has 17 heavy (non-hydrogen) atoms. The average molecular weight is 252 g/mol.